The summed E-state index contributed by atoms with van der Waals surface area (Å²) in [6.07, 6.45) is 2.62. The largest absolute Gasteiger partial charge is 0.378 e. The van der Waals surface area contributed by atoms with Crippen molar-refractivity contribution in [3.63, 3.8) is 0 Å². The van der Waals surface area contributed by atoms with Crippen molar-refractivity contribution in [3.05, 3.63) is 35.4 Å². The lowest BCUT2D eigenvalue weighted by Crippen LogP contribution is -2.40. The average molecular weight is 273 g/mol. The molecular weight excluding hydrogens is 254 g/mol. The lowest BCUT2D eigenvalue weighted by Gasteiger charge is -2.27. The van der Waals surface area contributed by atoms with Gasteiger partial charge in [-0.05, 0) is 30.5 Å². The Morgan fingerprint density at radius 2 is 1.85 bits per heavy atom. The second kappa shape index (κ2) is 5.75. The van der Waals surface area contributed by atoms with E-state index in [1.165, 1.54) is 0 Å². The summed E-state index contributed by atoms with van der Waals surface area (Å²) in [6.45, 7) is 2.53. The van der Waals surface area contributed by atoms with Crippen LogP contribution in [0.4, 0.5) is 0 Å². The first-order valence-electron chi connectivity index (χ1n) is 7.25. The molecule has 0 bridgehead atoms. The van der Waals surface area contributed by atoms with E-state index in [4.69, 9.17) is 4.74 Å². The Morgan fingerprint density at radius 1 is 1.15 bits per heavy atom. The van der Waals surface area contributed by atoms with Crippen LogP contribution < -0.4 is 0 Å². The van der Waals surface area contributed by atoms with Gasteiger partial charge in [-0.25, -0.2) is 0 Å². The quantitative estimate of drug-likeness (QED) is 0.828. The molecule has 1 unspecified atom stereocenters. The van der Waals surface area contributed by atoms with Gasteiger partial charge in [0.25, 0.3) is 5.91 Å². The van der Waals surface area contributed by atoms with E-state index >= 15 is 0 Å². The fourth-order valence-electron chi connectivity index (χ4n) is 2.98. The summed E-state index contributed by atoms with van der Waals surface area (Å²) in [5, 5.41) is 0. The fraction of sp³-hybridized carbons (Fsp3) is 0.500. The molecule has 1 aromatic carbocycles. The van der Waals surface area contributed by atoms with Gasteiger partial charge < -0.3 is 9.64 Å². The molecule has 106 valence electrons. The number of carbonyl (C=O) groups excluding carboxylic acids is 2. The van der Waals surface area contributed by atoms with E-state index in [9.17, 15) is 9.59 Å². The number of carbonyl (C=O) groups is 2. The molecule has 3 rings (SSSR count). The Bertz CT molecular complexity index is 503. The van der Waals surface area contributed by atoms with Crippen molar-refractivity contribution in [3.8, 4) is 0 Å². The van der Waals surface area contributed by atoms with Gasteiger partial charge in [-0.3, -0.25) is 9.59 Å². The molecule has 0 radical (unpaired) electrons. The highest BCUT2D eigenvalue weighted by molar-refractivity contribution is 5.94. The van der Waals surface area contributed by atoms with Gasteiger partial charge in [-0.2, -0.15) is 0 Å². The highest BCUT2D eigenvalue weighted by Crippen LogP contribution is 2.31. The topological polar surface area (TPSA) is 46.6 Å². The number of rotatable bonds is 2. The van der Waals surface area contributed by atoms with Crippen LogP contribution in [0, 0.1) is 0 Å². The molecule has 0 N–H and O–H groups in total. The lowest BCUT2D eigenvalue weighted by atomic mass is 9.96. The van der Waals surface area contributed by atoms with Crippen molar-refractivity contribution in [2.45, 2.75) is 25.2 Å². The monoisotopic (exact) mass is 273 g/mol. The smallest absolute Gasteiger partial charge is 0.254 e. The number of nitrogens with zero attached hydrogens (tertiary/aromatic N) is 1. The van der Waals surface area contributed by atoms with Crippen molar-refractivity contribution in [1.82, 2.24) is 4.90 Å². The van der Waals surface area contributed by atoms with Crippen LogP contribution in [0.1, 0.15) is 41.1 Å². The first-order chi connectivity index (χ1) is 9.75. The van der Waals surface area contributed by atoms with Crippen molar-refractivity contribution >= 4 is 11.7 Å². The highest BCUT2D eigenvalue weighted by atomic mass is 16.5. The molecule has 0 aromatic heterocycles. The van der Waals surface area contributed by atoms with Gasteiger partial charge in [0.2, 0.25) is 0 Å². The second-order valence-electron chi connectivity index (χ2n) is 5.44. The van der Waals surface area contributed by atoms with E-state index in [-0.39, 0.29) is 11.8 Å². The minimum absolute atomic E-state index is 0.0440. The number of ketones is 1. The summed E-state index contributed by atoms with van der Waals surface area (Å²) >= 11 is 0. The number of hydrogen-bond donors (Lipinski definition) is 0. The second-order valence-corrected chi connectivity index (χ2v) is 5.44. The zero-order chi connectivity index (χ0) is 13.9. The molecule has 4 nitrogen and oxygen atoms in total. The van der Waals surface area contributed by atoms with Crippen LogP contribution in [-0.2, 0) is 9.53 Å². The molecule has 20 heavy (non-hydrogen) atoms. The molecular formula is C16H19NO3. The number of hydrogen-bond acceptors (Lipinski definition) is 3. The SMILES string of the molecule is O=C1CCCC1c1ccc(C(=O)N2CCOCC2)cc1. The summed E-state index contributed by atoms with van der Waals surface area (Å²) in [4.78, 5) is 25.9. The van der Waals surface area contributed by atoms with E-state index in [2.05, 4.69) is 0 Å². The third-order valence-electron chi connectivity index (χ3n) is 4.16. The van der Waals surface area contributed by atoms with Gasteiger partial charge in [0, 0.05) is 31.0 Å². The first-order valence-corrected chi connectivity index (χ1v) is 7.25. The van der Waals surface area contributed by atoms with E-state index in [1.54, 1.807) is 0 Å². The number of Topliss-reactive ketones (excluding diaryl/α,β-unsaturated/α-hetero) is 1. The minimum atomic E-state index is 0.0440. The molecule has 1 heterocycles. The maximum Gasteiger partial charge on any atom is 0.254 e. The Morgan fingerprint density at radius 3 is 2.45 bits per heavy atom. The van der Waals surface area contributed by atoms with Crippen LogP contribution in [0.2, 0.25) is 0 Å². The maximum atomic E-state index is 12.3. The third kappa shape index (κ3) is 2.61. The molecule has 1 saturated carbocycles. The molecule has 1 saturated heterocycles. The van der Waals surface area contributed by atoms with Crippen LogP contribution in [0.5, 0.6) is 0 Å². The normalized spacial score (nSPS) is 23.1. The van der Waals surface area contributed by atoms with E-state index in [1.807, 2.05) is 29.2 Å². The predicted molar refractivity (Wildman–Crippen MR) is 74.8 cm³/mol. The summed E-state index contributed by atoms with van der Waals surface area (Å²) < 4.78 is 5.25. The molecule has 1 aliphatic heterocycles. The Hall–Kier alpha value is -1.68. The number of benzene rings is 1. The summed E-state index contributed by atoms with van der Waals surface area (Å²) in [5.74, 6) is 0.428. The van der Waals surface area contributed by atoms with Crippen molar-refractivity contribution in [2.24, 2.45) is 0 Å². The molecule has 1 amide bonds. The van der Waals surface area contributed by atoms with Crippen molar-refractivity contribution in [2.75, 3.05) is 26.3 Å². The maximum absolute atomic E-state index is 12.3. The number of morpholine rings is 1. The average Bonchev–Trinajstić information content (AvgIpc) is 2.94. The Labute approximate surface area is 118 Å². The van der Waals surface area contributed by atoms with Gasteiger partial charge in [0.1, 0.15) is 5.78 Å². The Balaban J connectivity index is 1.72. The predicted octanol–water partition coefficient (Wildman–Crippen LogP) is 2.00. The van der Waals surface area contributed by atoms with Crippen LogP contribution >= 0.6 is 0 Å². The zero-order valence-corrected chi connectivity index (χ0v) is 11.5. The Kier molecular flexibility index (Phi) is 3.83. The molecule has 1 aromatic rings. The van der Waals surface area contributed by atoms with E-state index in [0.717, 1.165) is 18.4 Å². The molecule has 1 atom stereocenters. The van der Waals surface area contributed by atoms with Crippen LogP contribution in [0.25, 0.3) is 0 Å². The van der Waals surface area contributed by atoms with Crippen molar-refractivity contribution < 1.29 is 14.3 Å². The van der Waals surface area contributed by atoms with Crippen molar-refractivity contribution in [1.29, 1.82) is 0 Å². The minimum Gasteiger partial charge on any atom is -0.378 e. The molecule has 1 aliphatic carbocycles. The molecule has 4 heteroatoms. The fourth-order valence-corrected chi connectivity index (χ4v) is 2.98. The third-order valence-corrected chi connectivity index (χ3v) is 4.16. The molecule has 2 fully saturated rings. The highest BCUT2D eigenvalue weighted by Gasteiger charge is 2.26. The molecule has 2 aliphatic rings. The van der Waals surface area contributed by atoms with Gasteiger partial charge >= 0.3 is 0 Å². The summed E-state index contributed by atoms with van der Waals surface area (Å²) in [6, 6.07) is 7.56. The van der Waals surface area contributed by atoms with Gasteiger partial charge in [0.05, 0.1) is 13.2 Å². The number of ether oxygens (including phenoxy) is 1. The lowest BCUT2D eigenvalue weighted by molar-refractivity contribution is -0.118. The standard InChI is InChI=1S/C16H19NO3/c18-15-3-1-2-14(15)12-4-6-13(7-5-12)16(19)17-8-10-20-11-9-17/h4-7,14H,1-3,8-11H2. The van der Waals surface area contributed by atoms with Gasteiger partial charge in [0.15, 0.2) is 0 Å². The summed E-state index contributed by atoms with van der Waals surface area (Å²) in [7, 11) is 0. The van der Waals surface area contributed by atoms with E-state index < -0.39 is 0 Å². The van der Waals surface area contributed by atoms with E-state index in [0.29, 0.717) is 44.1 Å². The molecule has 0 spiro atoms. The first kappa shape index (κ1) is 13.3. The summed E-state index contributed by atoms with van der Waals surface area (Å²) in [5.41, 5.74) is 1.74. The number of amides is 1. The van der Waals surface area contributed by atoms with Gasteiger partial charge in [-0.15, -0.1) is 0 Å². The van der Waals surface area contributed by atoms with Crippen LogP contribution in [0.3, 0.4) is 0 Å². The van der Waals surface area contributed by atoms with Crippen LogP contribution in [-0.4, -0.2) is 42.9 Å². The zero-order valence-electron chi connectivity index (χ0n) is 11.5. The van der Waals surface area contributed by atoms with Gasteiger partial charge in [-0.1, -0.05) is 12.1 Å². The van der Waals surface area contributed by atoms with Crippen LogP contribution in [0.15, 0.2) is 24.3 Å².